The average Bonchev–Trinajstić information content (AvgIpc) is 3.12. The number of hydrogen-bond donors (Lipinski definition) is 0. The van der Waals surface area contributed by atoms with E-state index in [1.54, 1.807) is 0 Å². The van der Waals surface area contributed by atoms with Gasteiger partial charge in [-0.3, -0.25) is 9.97 Å². The first-order valence-corrected chi connectivity index (χ1v) is 17.3. The molecule has 6 aromatic rings. The maximum atomic E-state index is 10.7. The first-order chi connectivity index (χ1) is 24.3. The van der Waals surface area contributed by atoms with Crippen molar-refractivity contribution in [3.8, 4) is 45.0 Å². The molecule has 0 unspecified atom stereocenters. The Morgan fingerprint density at radius 2 is 0.731 bits per heavy atom. The summed E-state index contributed by atoms with van der Waals surface area (Å²) in [5.41, 5.74) is -2.88. The van der Waals surface area contributed by atoms with Gasteiger partial charge in [0.25, 0.3) is 0 Å². The second-order valence-electron chi connectivity index (χ2n) is 10.3. The fourth-order valence-corrected chi connectivity index (χ4v) is 4.21. The Kier molecular flexibility index (Phi) is 12.2. The van der Waals surface area contributed by atoms with E-state index < -0.39 is 31.3 Å². The molecule has 0 saturated heterocycles. The van der Waals surface area contributed by atoms with E-state index in [0.29, 0.717) is 0 Å². The highest BCUT2D eigenvalue weighted by molar-refractivity contribution is 7.86. The van der Waals surface area contributed by atoms with Crippen molar-refractivity contribution in [1.29, 1.82) is 0 Å². The summed E-state index contributed by atoms with van der Waals surface area (Å²) in [6.45, 7) is 0. The molecule has 4 heterocycles. The van der Waals surface area contributed by atoms with Gasteiger partial charge in [-0.05, 0) is 12.1 Å². The second-order valence-corrected chi connectivity index (χ2v) is 13.1. The predicted octanol–water partition coefficient (Wildman–Crippen LogP) is 6.13. The quantitative estimate of drug-likeness (QED) is 0.0882. The van der Waals surface area contributed by atoms with Crippen LogP contribution in [0.1, 0.15) is 0 Å². The smallest absolute Gasteiger partial charge is 0.485 e. The zero-order valence-electron chi connectivity index (χ0n) is 26.2. The highest BCUT2D eigenvalue weighted by Gasteiger charge is 2.37. The summed E-state index contributed by atoms with van der Waals surface area (Å²) in [4.78, 5) is 9.41. The van der Waals surface area contributed by atoms with Gasteiger partial charge in [0.2, 0.25) is 11.4 Å². The number of nitrogens with zero attached hydrogens (tertiary/aromatic N) is 4. The van der Waals surface area contributed by atoms with Gasteiger partial charge in [0.15, 0.2) is 45.0 Å². The van der Waals surface area contributed by atoms with E-state index in [9.17, 15) is 26.3 Å². The van der Waals surface area contributed by atoms with Gasteiger partial charge in [0, 0.05) is 83.2 Å². The third kappa shape index (κ3) is 10.7. The van der Waals surface area contributed by atoms with Gasteiger partial charge in [-0.15, -0.1) is 0 Å². The van der Waals surface area contributed by atoms with Crippen molar-refractivity contribution in [2.24, 2.45) is 0 Å². The predicted molar refractivity (Wildman–Crippen MR) is 173 cm³/mol. The Morgan fingerprint density at radius 1 is 0.442 bits per heavy atom. The maximum Gasteiger partial charge on any atom is 0.485 e. The molecule has 0 fully saturated rings. The normalized spacial score (nSPS) is 11.8. The average molecular weight is 763 g/mol. The van der Waals surface area contributed by atoms with E-state index in [0.717, 1.165) is 45.0 Å². The third-order valence-electron chi connectivity index (χ3n) is 6.79. The number of hydrogen-bond acceptors (Lipinski definition) is 8. The third-order valence-corrected chi connectivity index (χ3v) is 7.92. The molecule has 0 aliphatic heterocycles. The Labute approximate surface area is 293 Å². The summed E-state index contributed by atoms with van der Waals surface area (Å²) in [6.07, 6.45) is 12.1. The first-order valence-electron chi connectivity index (χ1n) is 14.4. The molecule has 0 bridgehead atoms. The Bertz CT molecular complexity index is 2110. The molecule has 0 aliphatic rings. The number of aromatic nitrogens is 4. The zero-order valence-corrected chi connectivity index (χ0v) is 27.8. The molecule has 4 aromatic heterocycles. The molecule has 52 heavy (non-hydrogen) atoms. The minimum absolute atomic E-state index is 0.944. The van der Waals surface area contributed by atoms with Gasteiger partial charge in [0.05, 0.1) is 11.4 Å². The summed E-state index contributed by atoms with van der Waals surface area (Å²) in [6, 6.07) is 37.2. The summed E-state index contributed by atoms with van der Waals surface area (Å²) < 4.78 is 122. The van der Waals surface area contributed by atoms with Crippen LogP contribution in [0, 0.1) is 0 Å². The molecule has 2 aromatic carbocycles. The fraction of sp³-hybridized carbons (Fsp3) is 0.0588. The summed E-state index contributed by atoms with van der Waals surface area (Å²) in [5.74, 6) is 0. The van der Waals surface area contributed by atoms with Crippen LogP contribution < -0.4 is 9.13 Å². The van der Waals surface area contributed by atoms with E-state index >= 15 is 0 Å². The molecule has 0 saturated carbocycles. The summed E-state index contributed by atoms with van der Waals surface area (Å²) in [7, 11) is -12.2. The van der Waals surface area contributed by atoms with Crippen LogP contribution in [0.4, 0.5) is 26.3 Å². The van der Waals surface area contributed by atoms with Gasteiger partial charge in [-0.25, -0.2) is 16.8 Å². The lowest BCUT2D eigenvalue weighted by molar-refractivity contribution is -0.595. The van der Waals surface area contributed by atoms with Crippen LogP contribution in [0.5, 0.6) is 0 Å². The number of pyridine rings is 4. The van der Waals surface area contributed by atoms with Crippen molar-refractivity contribution in [3.05, 3.63) is 146 Å². The molecule has 0 aliphatic carbocycles. The van der Waals surface area contributed by atoms with Crippen molar-refractivity contribution < 1.29 is 61.4 Å². The van der Waals surface area contributed by atoms with Crippen LogP contribution in [0.2, 0.25) is 0 Å². The monoisotopic (exact) mass is 762 g/mol. The number of rotatable bonds is 5. The minimum Gasteiger partial charge on any atom is -0.741 e. The van der Waals surface area contributed by atoms with Crippen molar-refractivity contribution in [2.45, 2.75) is 11.0 Å². The van der Waals surface area contributed by atoms with E-state index in [4.69, 9.17) is 35.9 Å². The molecule has 0 radical (unpaired) electrons. The van der Waals surface area contributed by atoms with Gasteiger partial charge < -0.3 is 9.11 Å². The van der Waals surface area contributed by atoms with Gasteiger partial charge >= 0.3 is 11.0 Å². The van der Waals surface area contributed by atoms with Crippen LogP contribution in [-0.4, -0.2) is 46.9 Å². The van der Waals surface area contributed by atoms with Crippen molar-refractivity contribution >= 4 is 20.2 Å². The number of benzene rings is 2. The highest BCUT2D eigenvalue weighted by atomic mass is 32.2. The van der Waals surface area contributed by atoms with Gasteiger partial charge in [0.1, 0.15) is 0 Å². The maximum absolute atomic E-state index is 10.7. The lowest BCUT2D eigenvalue weighted by Crippen LogP contribution is -2.28. The number of para-hydroxylation sites is 2. The van der Waals surface area contributed by atoms with E-state index in [1.807, 2.05) is 48.8 Å². The molecule has 18 heteroatoms. The molecule has 0 N–H and O–H groups in total. The van der Waals surface area contributed by atoms with E-state index in [1.165, 1.54) is 0 Å². The minimum atomic E-state index is -6.09. The molecule has 10 nitrogen and oxygen atoms in total. The van der Waals surface area contributed by atoms with Crippen LogP contribution >= 0.6 is 0 Å². The molecule has 6 rings (SSSR count). The topological polar surface area (TPSA) is 148 Å². The first kappa shape index (κ1) is 39.2. The van der Waals surface area contributed by atoms with Gasteiger partial charge in [-0.2, -0.15) is 35.5 Å². The fourth-order valence-electron chi connectivity index (χ4n) is 4.21. The Morgan fingerprint density at radius 3 is 0.962 bits per heavy atom. The van der Waals surface area contributed by atoms with Crippen LogP contribution in [0.25, 0.3) is 45.0 Å². The Hall–Kier alpha value is -5.56. The largest absolute Gasteiger partial charge is 0.741 e. The molecule has 0 amide bonds. The number of alkyl halides is 6. The Balaban J connectivity index is 0.000000317. The molecule has 0 atom stereocenters. The lowest BCUT2D eigenvalue weighted by atomic mass is 10.1. The molecule has 0 spiro atoms. The highest BCUT2D eigenvalue weighted by Crippen LogP contribution is 2.25. The van der Waals surface area contributed by atoms with E-state index in [2.05, 4.69) is 107 Å². The van der Waals surface area contributed by atoms with Crippen molar-refractivity contribution in [3.63, 3.8) is 0 Å². The second kappa shape index (κ2) is 16.2. The van der Waals surface area contributed by atoms with Crippen LogP contribution in [-0.2, 0) is 20.2 Å². The molecule has 270 valence electrons. The number of halogens is 6. The van der Waals surface area contributed by atoms with Crippen LogP contribution in [0.3, 0.4) is 0 Å². The van der Waals surface area contributed by atoms with Gasteiger partial charge in [-0.1, -0.05) is 48.5 Å². The zero-order chi connectivity index (χ0) is 38.2. The SMILES string of the molecule is O=S(=O)([O-])C(F)(F)F.O=S(=O)([O-])C(F)(F)F.c1ccc(-[n+]2ccc(-c3ccc(-c4ccc(-c5cc[n+](-c6ccccc6)cc5)nc4)cn3)cc2)cc1. The van der Waals surface area contributed by atoms with Crippen LogP contribution in [0.15, 0.2) is 146 Å². The lowest BCUT2D eigenvalue weighted by Gasteiger charge is -2.08. The molecular weight excluding hydrogens is 739 g/mol. The van der Waals surface area contributed by atoms with Crippen molar-refractivity contribution in [1.82, 2.24) is 9.97 Å². The summed E-state index contributed by atoms with van der Waals surface area (Å²) >= 11 is 0. The molecular formula is C34H24F6N4O6S2. The van der Waals surface area contributed by atoms with E-state index in [-0.39, 0.29) is 0 Å². The van der Waals surface area contributed by atoms with Crippen molar-refractivity contribution in [2.75, 3.05) is 0 Å². The standard InChI is InChI=1S/C32H24N4.2CHF3O3S/c1-3-7-29(8-4-1)35-19-15-25(16-20-35)31-13-11-27(23-33-31)28-12-14-32(34-24-28)26-17-21-36(22-18-26)30-9-5-2-6-10-30;2*2-1(3,4)8(5,6)7/h1-24H;2*(H,5,6,7)/q+2;;/p-2. The summed E-state index contributed by atoms with van der Waals surface area (Å²) in [5, 5.41) is 0.